The van der Waals surface area contributed by atoms with Gasteiger partial charge in [0.15, 0.2) is 0 Å². The molecule has 0 saturated carbocycles. The van der Waals surface area contributed by atoms with Gasteiger partial charge < -0.3 is 10.6 Å². The standard InChI is InChI=1S/C9H19FN2/c10-4-1-9-2-6-12(7-3-9)8-5-11/h9H,1-8,11H2. The fourth-order valence-corrected chi connectivity index (χ4v) is 1.84. The maximum Gasteiger partial charge on any atom is 0.0897 e. The number of piperidine rings is 1. The lowest BCUT2D eigenvalue weighted by Gasteiger charge is -2.31. The van der Waals surface area contributed by atoms with Crippen LogP contribution in [-0.2, 0) is 0 Å². The van der Waals surface area contributed by atoms with E-state index in [1.807, 2.05) is 0 Å². The molecule has 0 aromatic heterocycles. The van der Waals surface area contributed by atoms with Crippen LogP contribution in [0.2, 0.25) is 0 Å². The van der Waals surface area contributed by atoms with E-state index >= 15 is 0 Å². The SMILES string of the molecule is NCCN1CCC(CCF)CC1. The Hall–Kier alpha value is -0.150. The first-order valence-electron chi connectivity index (χ1n) is 4.85. The maximum absolute atomic E-state index is 12.0. The molecule has 72 valence electrons. The monoisotopic (exact) mass is 174 g/mol. The number of halogens is 1. The van der Waals surface area contributed by atoms with Gasteiger partial charge in [-0.3, -0.25) is 4.39 Å². The molecular formula is C9H19FN2. The van der Waals surface area contributed by atoms with E-state index in [1.165, 1.54) is 0 Å². The molecule has 0 aromatic rings. The average molecular weight is 174 g/mol. The van der Waals surface area contributed by atoms with Crippen molar-refractivity contribution >= 4 is 0 Å². The van der Waals surface area contributed by atoms with Crippen molar-refractivity contribution in [1.29, 1.82) is 0 Å². The largest absolute Gasteiger partial charge is 0.329 e. The van der Waals surface area contributed by atoms with Crippen LogP contribution in [-0.4, -0.2) is 37.8 Å². The van der Waals surface area contributed by atoms with Crippen molar-refractivity contribution in [3.63, 3.8) is 0 Å². The third kappa shape index (κ3) is 3.07. The van der Waals surface area contributed by atoms with Gasteiger partial charge in [0, 0.05) is 13.1 Å². The maximum atomic E-state index is 12.0. The third-order valence-electron chi connectivity index (χ3n) is 2.67. The normalized spacial score (nSPS) is 21.5. The van der Waals surface area contributed by atoms with Gasteiger partial charge in [0.05, 0.1) is 6.67 Å². The molecule has 12 heavy (non-hydrogen) atoms. The molecule has 2 N–H and O–H groups in total. The van der Waals surface area contributed by atoms with Crippen molar-refractivity contribution in [3.8, 4) is 0 Å². The minimum Gasteiger partial charge on any atom is -0.329 e. The van der Waals surface area contributed by atoms with Gasteiger partial charge in [-0.05, 0) is 38.3 Å². The van der Waals surface area contributed by atoms with Crippen LogP contribution in [0.5, 0.6) is 0 Å². The molecule has 1 aliphatic heterocycles. The first-order chi connectivity index (χ1) is 5.86. The summed E-state index contributed by atoms with van der Waals surface area (Å²) in [5.74, 6) is 0.629. The highest BCUT2D eigenvalue weighted by molar-refractivity contribution is 4.71. The highest BCUT2D eigenvalue weighted by atomic mass is 19.1. The van der Waals surface area contributed by atoms with Gasteiger partial charge in [-0.15, -0.1) is 0 Å². The predicted octanol–water partition coefficient (Wildman–Crippen LogP) is 1.02. The molecule has 1 fully saturated rings. The third-order valence-corrected chi connectivity index (χ3v) is 2.67. The molecule has 0 unspecified atom stereocenters. The summed E-state index contributed by atoms with van der Waals surface area (Å²) in [5, 5.41) is 0. The number of nitrogens with two attached hydrogens (primary N) is 1. The average Bonchev–Trinajstić information content (AvgIpc) is 2.09. The van der Waals surface area contributed by atoms with Crippen molar-refractivity contribution in [2.75, 3.05) is 32.9 Å². The molecule has 3 heteroatoms. The van der Waals surface area contributed by atoms with Crippen molar-refractivity contribution < 1.29 is 4.39 Å². The summed E-state index contributed by atoms with van der Waals surface area (Å²) in [5.41, 5.74) is 5.45. The van der Waals surface area contributed by atoms with Crippen LogP contribution in [0.15, 0.2) is 0 Å². The molecule has 0 amide bonds. The molecule has 0 bridgehead atoms. The molecule has 1 heterocycles. The van der Waals surface area contributed by atoms with E-state index < -0.39 is 0 Å². The minimum absolute atomic E-state index is 0.151. The van der Waals surface area contributed by atoms with Gasteiger partial charge >= 0.3 is 0 Å². The van der Waals surface area contributed by atoms with Crippen LogP contribution in [0.3, 0.4) is 0 Å². The summed E-state index contributed by atoms with van der Waals surface area (Å²) in [6, 6.07) is 0. The van der Waals surface area contributed by atoms with Gasteiger partial charge in [0.2, 0.25) is 0 Å². The molecule has 0 atom stereocenters. The van der Waals surface area contributed by atoms with E-state index in [0.717, 1.165) is 45.4 Å². The van der Waals surface area contributed by atoms with Gasteiger partial charge in [0.25, 0.3) is 0 Å². The zero-order valence-electron chi connectivity index (χ0n) is 7.64. The number of nitrogens with zero attached hydrogens (tertiary/aromatic N) is 1. The summed E-state index contributed by atoms with van der Waals surface area (Å²) in [6.07, 6.45) is 3.07. The van der Waals surface area contributed by atoms with Crippen LogP contribution in [0.4, 0.5) is 4.39 Å². The Labute approximate surface area is 73.9 Å². The topological polar surface area (TPSA) is 29.3 Å². The molecule has 1 rings (SSSR count). The zero-order valence-corrected chi connectivity index (χ0v) is 7.64. The van der Waals surface area contributed by atoms with Crippen molar-refractivity contribution in [2.24, 2.45) is 11.7 Å². The number of hydrogen-bond donors (Lipinski definition) is 1. The Kier molecular flexibility index (Phi) is 4.54. The van der Waals surface area contributed by atoms with E-state index in [-0.39, 0.29) is 6.67 Å². The summed E-state index contributed by atoms with van der Waals surface area (Å²) >= 11 is 0. The van der Waals surface area contributed by atoms with Crippen LogP contribution in [0.1, 0.15) is 19.3 Å². The Morgan fingerprint density at radius 1 is 1.33 bits per heavy atom. The van der Waals surface area contributed by atoms with Crippen LogP contribution >= 0.6 is 0 Å². The zero-order chi connectivity index (χ0) is 8.81. The second kappa shape index (κ2) is 5.49. The van der Waals surface area contributed by atoms with Crippen LogP contribution in [0.25, 0.3) is 0 Å². The van der Waals surface area contributed by atoms with E-state index in [2.05, 4.69) is 4.90 Å². The number of alkyl halides is 1. The Bertz CT molecular complexity index is 97.1. The summed E-state index contributed by atoms with van der Waals surface area (Å²) in [6.45, 7) is 3.82. The number of rotatable bonds is 4. The second-order valence-electron chi connectivity index (χ2n) is 3.55. The lowest BCUT2D eigenvalue weighted by Crippen LogP contribution is -2.37. The Balaban J connectivity index is 2.11. The molecule has 0 aliphatic carbocycles. The van der Waals surface area contributed by atoms with E-state index in [4.69, 9.17) is 5.73 Å². The first-order valence-corrected chi connectivity index (χ1v) is 4.85. The van der Waals surface area contributed by atoms with Crippen LogP contribution in [0, 0.1) is 5.92 Å². The Morgan fingerprint density at radius 3 is 2.50 bits per heavy atom. The minimum atomic E-state index is -0.151. The predicted molar refractivity (Wildman–Crippen MR) is 48.8 cm³/mol. The van der Waals surface area contributed by atoms with Gasteiger partial charge in [-0.25, -0.2) is 0 Å². The van der Waals surface area contributed by atoms with Crippen molar-refractivity contribution in [1.82, 2.24) is 4.90 Å². The van der Waals surface area contributed by atoms with Gasteiger partial charge in [-0.2, -0.15) is 0 Å². The Morgan fingerprint density at radius 2 is 2.00 bits per heavy atom. The molecular weight excluding hydrogens is 155 g/mol. The van der Waals surface area contributed by atoms with Crippen molar-refractivity contribution in [3.05, 3.63) is 0 Å². The summed E-state index contributed by atoms with van der Waals surface area (Å²) in [4.78, 5) is 2.37. The van der Waals surface area contributed by atoms with Gasteiger partial charge in [0.1, 0.15) is 0 Å². The molecule has 0 spiro atoms. The fraction of sp³-hybridized carbons (Fsp3) is 1.00. The second-order valence-corrected chi connectivity index (χ2v) is 3.55. The molecule has 0 aromatic carbocycles. The molecule has 1 saturated heterocycles. The highest BCUT2D eigenvalue weighted by Gasteiger charge is 2.17. The van der Waals surface area contributed by atoms with E-state index in [9.17, 15) is 4.39 Å². The van der Waals surface area contributed by atoms with Crippen LogP contribution < -0.4 is 5.73 Å². The van der Waals surface area contributed by atoms with Crippen molar-refractivity contribution in [2.45, 2.75) is 19.3 Å². The summed E-state index contributed by atoms with van der Waals surface area (Å²) < 4.78 is 12.0. The lowest BCUT2D eigenvalue weighted by molar-refractivity contribution is 0.177. The van der Waals surface area contributed by atoms with E-state index in [0.29, 0.717) is 5.92 Å². The number of likely N-dealkylation sites (tertiary alicyclic amines) is 1. The van der Waals surface area contributed by atoms with E-state index in [1.54, 1.807) is 0 Å². The number of hydrogen-bond acceptors (Lipinski definition) is 2. The molecule has 2 nitrogen and oxygen atoms in total. The quantitative estimate of drug-likeness (QED) is 0.689. The van der Waals surface area contributed by atoms with Gasteiger partial charge in [-0.1, -0.05) is 0 Å². The molecule has 0 radical (unpaired) electrons. The first kappa shape index (κ1) is 9.93. The molecule has 1 aliphatic rings. The summed E-state index contributed by atoms with van der Waals surface area (Å²) in [7, 11) is 0. The smallest absolute Gasteiger partial charge is 0.0897 e. The highest BCUT2D eigenvalue weighted by Crippen LogP contribution is 2.19. The lowest BCUT2D eigenvalue weighted by atomic mass is 9.94. The fourth-order valence-electron chi connectivity index (χ4n) is 1.84.